The van der Waals surface area contributed by atoms with Gasteiger partial charge in [-0.1, -0.05) is 6.07 Å². The SMILES string of the molecule is CNc1cncc(C2CCCN2C(=O)c2cccc(=O)[nH]2)n1. The molecule has 114 valence electrons. The number of hydrogen-bond acceptors (Lipinski definition) is 5. The molecule has 0 radical (unpaired) electrons. The number of nitrogens with zero attached hydrogens (tertiary/aromatic N) is 3. The van der Waals surface area contributed by atoms with Crippen LogP contribution in [0.4, 0.5) is 5.82 Å². The minimum atomic E-state index is -0.279. The molecule has 7 heteroatoms. The molecule has 1 aliphatic rings. The van der Waals surface area contributed by atoms with Gasteiger partial charge in [0.2, 0.25) is 5.56 Å². The summed E-state index contributed by atoms with van der Waals surface area (Å²) < 4.78 is 0. The van der Waals surface area contributed by atoms with Crippen molar-refractivity contribution in [1.82, 2.24) is 19.9 Å². The highest BCUT2D eigenvalue weighted by Crippen LogP contribution is 2.31. The largest absolute Gasteiger partial charge is 0.372 e. The Morgan fingerprint density at radius 3 is 3.05 bits per heavy atom. The fourth-order valence-corrected chi connectivity index (χ4v) is 2.71. The molecule has 1 atom stereocenters. The molecule has 3 rings (SSSR count). The summed E-state index contributed by atoms with van der Waals surface area (Å²) in [6.45, 7) is 0.645. The van der Waals surface area contributed by atoms with E-state index in [1.165, 1.54) is 6.07 Å². The summed E-state index contributed by atoms with van der Waals surface area (Å²) >= 11 is 0. The van der Waals surface area contributed by atoms with Crippen LogP contribution in [0.2, 0.25) is 0 Å². The molecular weight excluding hydrogens is 282 g/mol. The van der Waals surface area contributed by atoms with E-state index in [1.54, 1.807) is 36.5 Å². The molecule has 0 aromatic carbocycles. The third-order valence-corrected chi connectivity index (χ3v) is 3.76. The number of hydrogen-bond donors (Lipinski definition) is 2. The van der Waals surface area contributed by atoms with Gasteiger partial charge in [-0.3, -0.25) is 14.6 Å². The molecule has 22 heavy (non-hydrogen) atoms. The number of carbonyl (C=O) groups excluding carboxylic acids is 1. The van der Waals surface area contributed by atoms with Crippen molar-refractivity contribution < 1.29 is 4.79 Å². The van der Waals surface area contributed by atoms with Crippen LogP contribution in [0.3, 0.4) is 0 Å². The number of aromatic amines is 1. The average Bonchev–Trinajstić information content (AvgIpc) is 3.04. The van der Waals surface area contributed by atoms with Gasteiger partial charge < -0.3 is 15.2 Å². The molecule has 2 aromatic heterocycles. The molecule has 0 bridgehead atoms. The second-order valence-electron chi connectivity index (χ2n) is 5.16. The van der Waals surface area contributed by atoms with E-state index in [0.717, 1.165) is 18.5 Å². The van der Waals surface area contributed by atoms with Gasteiger partial charge in [-0.2, -0.15) is 0 Å². The van der Waals surface area contributed by atoms with Crippen molar-refractivity contribution in [3.8, 4) is 0 Å². The van der Waals surface area contributed by atoms with Gasteiger partial charge in [-0.25, -0.2) is 4.98 Å². The Labute approximate surface area is 127 Å². The lowest BCUT2D eigenvalue weighted by Crippen LogP contribution is -2.32. The van der Waals surface area contributed by atoms with Crippen LogP contribution in [0.1, 0.15) is 35.1 Å². The normalized spacial score (nSPS) is 17.5. The number of aromatic nitrogens is 3. The van der Waals surface area contributed by atoms with E-state index in [9.17, 15) is 9.59 Å². The molecule has 0 saturated carbocycles. The van der Waals surface area contributed by atoms with Gasteiger partial charge in [-0.15, -0.1) is 0 Å². The predicted octanol–water partition coefficient (Wildman–Crippen LogP) is 1.18. The lowest BCUT2D eigenvalue weighted by atomic mass is 10.1. The van der Waals surface area contributed by atoms with E-state index < -0.39 is 0 Å². The molecule has 1 amide bonds. The Morgan fingerprint density at radius 2 is 2.27 bits per heavy atom. The third-order valence-electron chi connectivity index (χ3n) is 3.76. The Hall–Kier alpha value is -2.70. The van der Waals surface area contributed by atoms with Gasteiger partial charge in [0, 0.05) is 19.7 Å². The number of H-pyrrole nitrogens is 1. The molecule has 2 N–H and O–H groups in total. The van der Waals surface area contributed by atoms with Gasteiger partial charge in [0.25, 0.3) is 5.91 Å². The Balaban J connectivity index is 1.89. The van der Waals surface area contributed by atoms with E-state index in [1.807, 2.05) is 0 Å². The summed E-state index contributed by atoms with van der Waals surface area (Å²) in [4.78, 5) is 37.0. The molecule has 1 fully saturated rings. The highest BCUT2D eigenvalue weighted by atomic mass is 16.2. The van der Waals surface area contributed by atoms with E-state index >= 15 is 0 Å². The fraction of sp³-hybridized carbons (Fsp3) is 0.333. The van der Waals surface area contributed by atoms with Crippen LogP contribution in [0.15, 0.2) is 35.4 Å². The molecule has 1 saturated heterocycles. The maximum Gasteiger partial charge on any atom is 0.270 e. The molecule has 0 aliphatic carbocycles. The number of carbonyl (C=O) groups is 1. The quantitative estimate of drug-likeness (QED) is 0.888. The smallest absolute Gasteiger partial charge is 0.270 e. The van der Waals surface area contributed by atoms with Crippen molar-refractivity contribution in [1.29, 1.82) is 0 Å². The summed E-state index contributed by atoms with van der Waals surface area (Å²) in [5.41, 5.74) is 0.784. The summed E-state index contributed by atoms with van der Waals surface area (Å²) in [7, 11) is 1.78. The number of anilines is 1. The standard InChI is InChI=1S/C15H17N5O2/c1-16-13-9-17-8-11(18-13)12-5-3-7-20(12)15(22)10-4-2-6-14(21)19-10/h2,4,6,8-9,12H,3,5,7H2,1H3,(H,16,18)(H,19,21). The molecule has 3 heterocycles. The maximum atomic E-state index is 12.6. The van der Waals surface area contributed by atoms with Crippen molar-refractivity contribution in [2.75, 3.05) is 18.9 Å². The highest BCUT2D eigenvalue weighted by Gasteiger charge is 2.32. The second kappa shape index (κ2) is 5.97. The van der Waals surface area contributed by atoms with Crippen LogP contribution in [-0.4, -0.2) is 39.4 Å². The van der Waals surface area contributed by atoms with Gasteiger partial charge >= 0.3 is 0 Å². The monoisotopic (exact) mass is 299 g/mol. The van der Waals surface area contributed by atoms with Crippen molar-refractivity contribution in [3.05, 3.63) is 52.3 Å². The number of likely N-dealkylation sites (tertiary alicyclic amines) is 1. The van der Waals surface area contributed by atoms with Crippen LogP contribution >= 0.6 is 0 Å². The third kappa shape index (κ3) is 2.69. The lowest BCUT2D eigenvalue weighted by Gasteiger charge is -2.24. The number of rotatable bonds is 3. The maximum absolute atomic E-state index is 12.6. The molecule has 2 aromatic rings. The van der Waals surface area contributed by atoms with Crippen molar-refractivity contribution in [2.45, 2.75) is 18.9 Å². The average molecular weight is 299 g/mol. The van der Waals surface area contributed by atoms with Crippen molar-refractivity contribution >= 4 is 11.7 Å². The molecule has 7 nitrogen and oxygen atoms in total. The lowest BCUT2D eigenvalue weighted by molar-refractivity contribution is 0.0726. The minimum absolute atomic E-state index is 0.114. The Kier molecular flexibility index (Phi) is 3.86. The first-order valence-electron chi connectivity index (χ1n) is 7.19. The van der Waals surface area contributed by atoms with Crippen LogP contribution in [0, 0.1) is 0 Å². The van der Waals surface area contributed by atoms with E-state index in [4.69, 9.17) is 0 Å². The molecule has 1 unspecified atom stereocenters. The van der Waals surface area contributed by atoms with Crippen molar-refractivity contribution in [3.63, 3.8) is 0 Å². The summed E-state index contributed by atoms with van der Waals surface area (Å²) in [5, 5.41) is 2.95. The summed E-state index contributed by atoms with van der Waals surface area (Å²) in [5.74, 6) is 0.488. The molecular formula is C15H17N5O2. The first-order valence-corrected chi connectivity index (χ1v) is 7.19. The first-order chi connectivity index (χ1) is 10.7. The Bertz CT molecular complexity index is 742. The van der Waals surface area contributed by atoms with E-state index in [2.05, 4.69) is 20.3 Å². The molecule has 0 spiro atoms. The zero-order valence-corrected chi connectivity index (χ0v) is 12.2. The number of pyridine rings is 1. The summed E-state index contributed by atoms with van der Waals surface area (Å²) in [6, 6.07) is 4.48. The first kappa shape index (κ1) is 14.2. The van der Waals surface area contributed by atoms with E-state index in [-0.39, 0.29) is 17.5 Å². The fourth-order valence-electron chi connectivity index (χ4n) is 2.71. The number of amides is 1. The highest BCUT2D eigenvalue weighted by molar-refractivity contribution is 5.92. The predicted molar refractivity (Wildman–Crippen MR) is 81.7 cm³/mol. The van der Waals surface area contributed by atoms with Gasteiger partial charge in [0.1, 0.15) is 11.5 Å². The van der Waals surface area contributed by atoms with Gasteiger partial charge in [0.05, 0.1) is 24.1 Å². The number of nitrogens with one attached hydrogen (secondary N) is 2. The second-order valence-corrected chi connectivity index (χ2v) is 5.16. The van der Waals surface area contributed by atoms with Gasteiger partial charge in [-0.05, 0) is 18.9 Å². The minimum Gasteiger partial charge on any atom is -0.372 e. The van der Waals surface area contributed by atoms with E-state index in [0.29, 0.717) is 18.1 Å². The zero-order chi connectivity index (χ0) is 15.5. The summed E-state index contributed by atoms with van der Waals surface area (Å²) in [6.07, 6.45) is 5.06. The van der Waals surface area contributed by atoms with Crippen LogP contribution in [0.25, 0.3) is 0 Å². The topological polar surface area (TPSA) is 91.0 Å². The Morgan fingerprint density at radius 1 is 1.41 bits per heavy atom. The van der Waals surface area contributed by atoms with Crippen LogP contribution in [-0.2, 0) is 0 Å². The molecule has 1 aliphatic heterocycles. The zero-order valence-electron chi connectivity index (χ0n) is 12.2. The van der Waals surface area contributed by atoms with Crippen LogP contribution in [0.5, 0.6) is 0 Å². The van der Waals surface area contributed by atoms with Crippen molar-refractivity contribution in [2.24, 2.45) is 0 Å². The van der Waals surface area contributed by atoms with Gasteiger partial charge in [0.15, 0.2) is 0 Å². The van der Waals surface area contributed by atoms with Crippen LogP contribution < -0.4 is 10.9 Å².